The van der Waals surface area contributed by atoms with Gasteiger partial charge in [-0.3, -0.25) is 0 Å². The van der Waals surface area contributed by atoms with Gasteiger partial charge in [-0.25, -0.2) is 27.7 Å². The van der Waals surface area contributed by atoms with E-state index < -0.39 is 20.0 Å². The van der Waals surface area contributed by atoms with Gasteiger partial charge in [0.2, 0.25) is 20.0 Å². The Morgan fingerprint density at radius 2 is 1.67 bits per heavy atom. The summed E-state index contributed by atoms with van der Waals surface area (Å²) >= 11 is 0. The SMILES string of the molecule is CS(=O)(=O)N1CCN(S(=O)(=O)c2ccc(NN)nc2)CC1. The molecule has 118 valence electrons. The Balaban J connectivity index is 2.14. The van der Waals surface area contributed by atoms with E-state index in [1.807, 2.05) is 0 Å². The highest BCUT2D eigenvalue weighted by molar-refractivity contribution is 7.89. The topological polar surface area (TPSA) is 126 Å². The Morgan fingerprint density at radius 3 is 2.10 bits per heavy atom. The average molecular weight is 335 g/mol. The van der Waals surface area contributed by atoms with E-state index in [2.05, 4.69) is 10.4 Å². The molecule has 3 N–H and O–H groups in total. The maximum atomic E-state index is 12.4. The van der Waals surface area contributed by atoms with E-state index in [1.54, 1.807) is 0 Å². The molecule has 0 bridgehead atoms. The number of piperazine rings is 1. The minimum Gasteiger partial charge on any atom is -0.308 e. The number of anilines is 1. The number of hydrogen-bond acceptors (Lipinski definition) is 7. The van der Waals surface area contributed by atoms with Crippen molar-refractivity contribution in [3.8, 4) is 0 Å². The van der Waals surface area contributed by atoms with Crippen LogP contribution in [0.2, 0.25) is 0 Å². The summed E-state index contributed by atoms with van der Waals surface area (Å²) in [5.41, 5.74) is 2.31. The van der Waals surface area contributed by atoms with Crippen LogP contribution in [-0.4, -0.2) is 62.9 Å². The molecule has 21 heavy (non-hydrogen) atoms. The van der Waals surface area contributed by atoms with Crippen LogP contribution in [0.4, 0.5) is 5.82 Å². The van der Waals surface area contributed by atoms with Crippen LogP contribution in [0.25, 0.3) is 0 Å². The molecule has 0 radical (unpaired) electrons. The fraction of sp³-hybridized carbons (Fsp3) is 0.500. The smallest absolute Gasteiger partial charge is 0.244 e. The Labute approximate surface area is 123 Å². The Kier molecular flexibility index (Phi) is 4.49. The Bertz CT molecular complexity index is 693. The molecule has 0 amide bonds. The standard InChI is InChI=1S/C10H17N5O4S2/c1-20(16,17)14-4-6-15(7-5-14)21(18,19)9-2-3-10(13-11)12-8-9/h2-3,8H,4-7,11H2,1H3,(H,12,13). The number of nitrogens with zero attached hydrogens (tertiary/aromatic N) is 3. The van der Waals surface area contributed by atoms with Crippen LogP contribution in [0.1, 0.15) is 0 Å². The first-order valence-electron chi connectivity index (χ1n) is 6.13. The van der Waals surface area contributed by atoms with Crippen molar-refractivity contribution in [3.05, 3.63) is 18.3 Å². The fourth-order valence-corrected chi connectivity index (χ4v) is 4.20. The second-order valence-electron chi connectivity index (χ2n) is 4.59. The number of pyridine rings is 1. The predicted molar refractivity (Wildman–Crippen MR) is 77.2 cm³/mol. The summed E-state index contributed by atoms with van der Waals surface area (Å²) in [6, 6.07) is 2.86. The van der Waals surface area contributed by atoms with Gasteiger partial charge in [-0.1, -0.05) is 0 Å². The van der Waals surface area contributed by atoms with Crippen molar-refractivity contribution in [1.29, 1.82) is 0 Å². The normalized spacial score (nSPS) is 18.6. The summed E-state index contributed by atoms with van der Waals surface area (Å²) < 4.78 is 50.2. The van der Waals surface area contributed by atoms with E-state index in [1.165, 1.54) is 26.9 Å². The number of aromatic nitrogens is 1. The van der Waals surface area contributed by atoms with Crippen LogP contribution >= 0.6 is 0 Å². The molecule has 0 atom stereocenters. The first-order chi connectivity index (χ1) is 9.75. The number of nitrogen functional groups attached to an aromatic ring is 1. The van der Waals surface area contributed by atoms with E-state index in [0.717, 1.165) is 6.26 Å². The third-order valence-corrected chi connectivity index (χ3v) is 6.37. The third kappa shape index (κ3) is 3.49. The summed E-state index contributed by atoms with van der Waals surface area (Å²) in [6.07, 6.45) is 2.33. The minimum atomic E-state index is -3.68. The van der Waals surface area contributed by atoms with Gasteiger partial charge >= 0.3 is 0 Å². The number of nitrogens with two attached hydrogens (primary N) is 1. The maximum absolute atomic E-state index is 12.4. The molecule has 0 unspecified atom stereocenters. The molecule has 0 aliphatic carbocycles. The fourth-order valence-electron chi connectivity index (χ4n) is 2.01. The number of sulfonamides is 2. The van der Waals surface area contributed by atoms with Crippen LogP contribution in [0, 0.1) is 0 Å². The molecular weight excluding hydrogens is 318 g/mol. The number of nitrogens with one attached hydrogen (secondary N) is 1. The Morgan fingerprint density at radius 1 is 1.10 bits per heavy atom. The zero-order valence-corrected chi connectivity index (χ0v) is 13.1. The van der Waals surface area contributed by atoms with Gasteiger partial charge in [0, 0.05) is 32.4 Å². The number of hydrogen-bond donors (Lipinski definition) is 2. The molecule has 1 saturated heterocycles. The Hall–Kier alpha value is -1.27. The van der Waals surface area contributed by atoms with Crippen molar-refractivity contribution in [1.82, 2.24) is 13.6 Å². The minimum absolute atomic E-state index is 0.0503. The molecular formula is C10H17N5O4S2. The van der Waals surface area contributed by atoms with Gasteiger partial charge in [-0.15, -0.1) is 0 Å². The maximum Gasteiger partial charge on any atom is 0.244 e. The molecule has 0 aromatic carbocycles. The van der Waals surface area contributed by atoms with Crippen LogP contribution < -0.4 is 11.3 Å². The van der Waals surface area contributed by atoms with Gasteiger partial charge in [0.05, 0.1) is 6.26 Å². The van der Waals surface area contributed by atoms with Crippen LogP contribution in [0.15, 0.2) is 23.2 Å². The van der Waals surface area contributed by atoms with Gasteiger partial charge in [-0.05, 0) is 12.1 Å². The molecule has 1 fully saturated rings. The lowest BCUT2D eigenvalue weighted by atomic mass is 10.4. The first kappa shape index (κ1) is 16.1. The molecule has 1 aliphatic heterocycles. The second kappa shape index (κ2) is 5.85. The zero-order valence-electron chi connectivity index (χ0n) is 11.4. The number of rotatable bonds is 4. The summed E-state index contributed by atoms with van der Waals surface area (Å²) in [4.78, 5) is 3.91. The summed E-state index contributed by atoms with van der Waals surface area (Å²) in [7, 11) is -6.97. The summed E-state index contributed by atoms with van der Waals surface area (Å²) in [6.45, 7) is 0.528. The molecule has 1 aliphatic rings. The number of hydrazine groups is 1. The molecule has 0 saturated carbocycles. The quantitative estimate of drug-likeness (QED) is 0.514. The predicted octanol–water partition coefficient (Wildman–Crippen LogP) is -1.37. The lowest BCUT2D eigenvalue weighted by molar-refractivity contribution is 0.274. The molecule has 11 heteroatoms. The molecule has 0 spiro atoms. The van der Waals surface area contributed by atoms with Gasteiger partial charge in [0.1, 0.15) is 10.7 Å². The third-order valence-electron chi connectivity index (χ3n) is 3.19. The molecule has 1 aromatic heterocycles. The van der Waals surface area contributed by atoms with Crippen molar-refractivity contribution in [2.24, 2.45) is 5.84 Å². The highest BCUT2D eigenvalue weighted by Crippen LogP contribution is 2.18. The van der Waals surface area contributed by atoms with Crippen LogP contribution in [0.3, 0.4) is 0 Å². The monoisotopic (exact) mass is 335 g/mol. The lowest BCUT2D eigenvalue weighted by Gasteiger charge is -2.32. The van der Waals surface area contributed by atoms with Crippen molar-refractivity contribution < 1.29 is 16.8 Å². The van der Waals surface area contributed by atoms with E-state index in [9.17, 15) is 16.8 Å². The van der Waals surface area contributed by atoms with E-state index in [-0.39, 0.29) is 31.1 Å². The second-order valence-corrected chi connectivity index (χ2v) is 8.51. The van der Waals surface area contributed by atoms with E-state index >= 15 is 0 Å². The lowest BCUT2D eigenvalue weighted by Crippen LogP contribution is -2.50. The van der Waals surface area contributed by atoms with Crippen molar-refractivity contribution >= 4 is 25.9 Å². The van der Waals surface area contributed by atoms with Gasteiger partial charge in [-0.2, -0.15) is 8.61 Å². The molecule has 9 nitrogen and oxygen atoms in total. The first-order valence-corrected chi connectivity index (χ1v) is 9.42. The van der Waals surface area contributed by atoms with Crippen molar-refractivity contribution in [2.75, 3.05) is 37.9 Å². The molecule has 2 heterocycles. The van der Waals surface area contributed by atoms with Crippen LogP contribution in [0.5, 0.6) is 0 Å². The average Bonchev–Trinajstić information content (AvgIpc) is 2.46. The zero-order chi connectivity index (χ0) is 15.7. The van der Waals surface area contributed by atoms with Gasteiger partial charge in [0.25, 0.3) is 0 Å². The largest absolute Gasteiger partial charge is 0.308 e. The van der Waals surface area contributed by atoms with Gasteiger partial charge in [0.15, 0.2) is 0 Å². The van der Waals surface area contributed by atoms with Crippen LogP contribution in [-0.2, 0) is 20.0 Å². The summed E-state index contributed by atoms with van der Waals surface area (Å²) in [5, 5.41) is 0. The molecule has 1 aromatic rings. The highest BCUT2D eigenvalue weighted by Gasteiger charge is 2.31. The van der Waals surface area contributed by atoms with E-state index in [0.29, 0.717) is 5.82 Å². The van der Waals surface area contributed by atoms with E-state index in [4.69, 9.17) is 5.84 Å². The van der Waals surface area contributed by atoms with Gasteiger partial charge < -0.3 is 5.43 Å². The molecule has 2 rings (SSSR count). The highest BCUT2D eigenvalue weighted by atomic mass is 32.2. The van der Waals surface area contributed by atoms with Crippen molar-refractivity contribution in [3.63, 3.8) is 0 Å². The summed E-state index contributed by atoms with van der Waals surface area (Å²) in [5.74, 6) is 5.53. The van der Waals surface area contributed by atoms with Crippen molar-refractivity contribution in [2.45, 2.75) is 4.90 Å².